The quantitative estimate of drug-likeness (QED) is 0.863. The maximum Gasteiger partial charge on any atom is 0.408 e. The second-order valence-corrected chi connectivity index (χ2v) is 6.26. The smallest absolute Gasteiger partial charge is 0.408 e. The van der Waals surface area contributed by atoms with Crippen molar-refractivity contribution in [2.45, 2.75) is 45.3 Å². The van der Waals surface area contributed by atoms with Crippen LogP contribution in [0.5, 0.6) is 11.5 Å². The van der Waals surface area contributed by atoms with Crippen molar-refractivity contribution in [3.8, 4) is 11.5 Å². The minimum Gasteiger partial charge on any atom is -0.480 e. The molecule has 1 aromatic carbocycles. The highest BCUT2D eigenvalue weighted by Gasteiger charge is 2.24. The lowest BCUT2D eigenvalue weighted by Crippen LogP contribution is -2.43. The molecule has 1 atom stereocenters. The summed E-state index contributed by atoms with van der Waals surface area (Å²) in [5.74, 6) is 0.224. The lowest BCUT2D eigenvalue weighted by molar-refractivity contribution is -0.139. The van der Waals surface area contributed by atoms with Crippen LogP contribution in [0.15, 0.2) is 18.2 Å². The number of carbonyl (C=O) groups excluding carboxylic acids is 1. The summed E-state index contributed by atoms with van der Waals surface area (Å²) in [6.45, 7) is 5.34. The van der Waals surface area contributed by atoms with E-state index in [0.717, 1.165) is 5.56 Å². The van der Waals surface area contributed by atoms with Crippen LogP contribution in [-0.2, 0) is 16.0 Å². The Morgan fingerprint density at radius 2 is 2.00 bits per heavy atom. The van der Waals surface area contributed by atoms with E-state index >= 15 is 0 Å². The van der Waals surface area contributed by atoms with Crippen LogP contribution in [0.1, 0.15) is 32.8 Å². The number of fused-ring (bicyclic) bond motifs is 1. The summed E-state index contributed by atoms with van der Waals surface area (Å²) in [6.07, 6.45) is -0.0203. The Balaban J connectivity index is 1.92. The first-order valence-electron chi connectivity index (χ1n) is 7.35. The lowest BCUT2D eigenvalue weighted by Gasteiger charge is -2.22. The predicted octanol–water partition coefficient (Wildman–Crippen LogP) is 2.33. The normalized spacial score (nSPS) is 14.2. The van der Waals surface area contributed by atoms with Crippen molar-refractivity contribution in [2.24, 2.45) is 0 Å². The molecule has 0 saturated carbocycles. The Morgan fingerprint density at radius 1 is 1.30 bits per heavy atom. The highest BCUT2D eigenvalue weighted by molar-refractivity contribution is 5.80. The van der Waals surface area contributed by atoms with E-state index in [2.05, 4.69) is 5.32 Å². The highest BCUT2D eigenvalue weighted by Crippen LogP contribution is 2.32. The van der Waals surface area contributed by atoms with Crippen LogP contribution in [0.25, 0.3) is 0 Å². The van der Waals surface area contributed by atoms with Crippen LogP contribution in [0, 0.1) is 0 Å². The van der Waals surface area contributed by atoms with Crippen LogP contribution < -0.4 is 14.8 Å². The van der Waals surface area contributed by atoms with Crippen molar-refractivity contribution in [1.29, 1.82) is 0 Å². The van der Waals surface area contributed by atoms with Crippen molar-refractivity contribution in [3.05, 3.63) is 23.8 Å². The van der Waals surface area contributed by atoms with Crippen LogP contribution >= 0.6 is 0 Å². The third-order valence-corrected chi connectivity index (χ3v) is 3.15. The topological polar surface area (TPSA) is 94.1 Å². The number of hydrogen-bond donors (Lipinski definition) is 2. The molecular formula is C16H21NO6. The molecule has 7 nitrogen and oxygen atoms in total. The molecule has 1 aromatic rings. The van der Waals surface area contributed by atoms with Gasteiger partial charge in [-0.2, -0.15) is 0 Å². The average molecular weight is 323 g/mol. The average Bonchev–Trinajstić information content (AvgIpc) is 2.88. The highest BCUT2D eigenvalue weighted by atomic mass is 16.7. The van der Waals surface area contributed by atoms with E-state index in [1.54, 1.807) is 26.8 Å². The van der Waals surface area contributed by atoms with Gasteiger partial charge in [0.1, 0.15) is 11.6 Å². The number of nitrogens with one attached hydrogen (secondary N) is 1. The summed E-state index contributed by atoms with van der Waals surface area (Å²) in [4.78, 5) is 23.0. The number of ether oxygens (including phenoxy) is 3. The Labute approximate surface area is 134 Å². The number of carbonyl (C=O) groups is 2. The number of alkyl carbamates (subject to hydrolysis) is 1. The first-order chi connectivity index (χ1) is 10.7. The summed E-state index contributed by atoms with van der Waals surface area (Å²) in [6, 6.07) is 4.43. The van der Waals surface area contributed by atoms with Crippen molar-refractivity contribution < 1.29 is 28.9 Å². The number of carboxylic acid groups (broad SMARTS) is 1. The molecule has 2 rings (SSSR count). The fraction of sp³-hybridized carbons (Fsp3) is 0.500. The van der Waals surface area contributed by atoms with E-state index < -0.39 is 23.7 Å². The third-order valence-electron chi connectivity index (χ3n) is 3.15. The van der Waals surface area contributed by atoms with Crippen LogP contribution in [0.4, 0.5) is 4.79 Å². The fourth-order valence-corrected chi connectivity index (χ4v) is 2.11. The summed E-state index contributed by atoms with van der Waals surface area (Å²) in [5, 5.41) is 11.6. The minimum atomic E-state index is -1.10. The molecule has 126 valence electrons. The van der Waals surface area contributed by atoms with Crippen LogP contribution in [-0.4, -0.2) is 35.6 Å². The summed E-state index contributed by atoms with van der Waals surface area (Å²) in [5.41, 5.74) is 0.233. The zero-order valence-electron chi connectivity index (χ0n) is 13.4. The van der Waals surface area contributed by atoms with Crippen LogP contribution in [0.2, 0.25) is 0 Å². The Bertz CT molecular complexity index is 593. The maximum atomic E-state index is 11.7. The second-order valence-electron chi connectivity index (χ2n) is 6.26. The van der Waals surface area contributed by atoms with Gasteiger partial charge in [-0.25, -0.2) is 9.59 Å². The van der Waals surface area contributed by atoms with E-state index in [1.165, 1.54) is 0 Å². The van der Waals surface area contributed by atoms with E-state index in [1.807, 2.05) is 12.1 Å². The number of benzene rings is 1. The number of rotatable bonds is 5. The molecule has 0 bridgehead atoms. The number of aryl methyl sites for hydroxylation is 1. The van der Waals surface area contributed by atoms with Crippen molar-refractivity contribution in [3.63, 3.8) is 0 Å². The van der Waals surface area contributed by atoms with Gasteiger partial charge in [0.2, 0.25) is 6.79 Å². The van der Waals surface area contributed by atoms with Crippen molar-refractivity contribution in [1.82, 2.24) is 5.32 Å². The second kappa shape index (κ2) is 6.76. The summed E-state index contributed by atoms with van der Waals surface area (Å²) < 4.78 is 15.6. The molecule has 0 aromatic heterocycles. The molecule has 2 N–H and O–H groups in total. The van der Waals surface area contributed by atoms with Gasteiger partial charge >= 0.3 is 12.1 Å². The molecule has 0 spiro atoms. The van der Waals surface area contributed by atoms with Gasteiger partial charge in [0.25, 0.3) is 0 Å². The van der Waals surface area contributed by atoms with Gasteiger partial charge in [0, 0.05) is 0 Å². The van der Waals surface area contributed by atoms with Crippen molar-refractivity contribution in [2.75, 3.05) is 6.79 Å². The standard InChI is InChI=1S/C16H21NO6/c1-16(2,3)23-15(20)17-11(14(18)19)6-4-10-5-7-12-13(8-10)22-9-21-12/h5,7-8,11H,4,6,9H2,1-3H3,(H,17,20)(H,18,19). The summed E-state index contributed by atoms with van der Waals surface area (Å²) >= 11 is 0. The lowest BCUT2D eigenvalue weighted by atomic mass is 10.0. The van der Waals surface area contributed by atoms with Gasteiger partial charge in [-0.05, 0) is 51.3 Å². The number of hydrogen-bond acceptors (Lipinski definition) is 5. The van der Waals surface area contributed by atoms with Crippen LogP contribution in [0.3, 0.4) is 0 Å². The zero-order valence-corrected chi connectivity index (χ0v) is 13.4. The number of aliphatic carboxylic acids is 1. The monoisotopic (exact) mass is 323 g/mol. The van der Waals surface area contributed by atoms with Gasteiger partial charge < -0.3 is 24.6 Å². The zero-order chi connectivity index (χ0) is 17.0. The van der Waals surface area contributed by atoms with E-state index in [-0.39, 0.29) is 13.2 Å². The molecule has 1 amide bonds. The maximum absolute atomic E-state index is 11.7. The molecule has 23 heavy (non-hydrogen) atoms. The first-order valence-corrected chi connectivity index (χ1v) is 7.35. The Kier molecular flexibility index (Phi) is 4.98. The molecule has 0 fully saturated rings. The first kappa shape index (κ1) is 16.9. The predicted molar refractivity (Wildman–Crippen MR) is 81.7 cm³/mol. The summed E-state index contributed by atoms with van der Waals surface area (Å²) in [7, 11) is 0. The van der Waals surface area contributed by atoms with Gasteiger partial charge in [-0.3, -0.25) is 0 Å². The van der Waals surface area contributed by atoms with E-state index in [9.17, 15) is 14.7 Å². The number of carboxylic acids is 1. The van der Waals surface area contributed by atoms with E-state index in [0.29, 0.717) is 17.9 Å². The molecule has 1 heterocycles. The molecule has 7 heteroatoms. The molecule has 0 radical (unpaired) electrons. The number of amides is 1. The Morgan fingerprint density at radius 3 is 2.65 bits per heavy atom. The SMILES string of the molecule is CC(C)(C)OC(=O)NC(CCc1ccc2c(c1)OCO2)C(=O)O. The molecule has 1 aliphatic rings. The van der Waals surface area contributed by atoms with Gasteiger partial charge in [0.05, 0.1) is 0 Å². The Hall–Kier alpha value is -2.44. The minimum absolute atomic E-state index is 0.191. The largest absolute Gasteiger partial charge is 0.480 e. The molecular weight excluding hydrogens is 302 g/mol. The molecule has 1 aliphatic heterocycles. The molecule has 0 aliphatic carbocycles. The van der Waals surface area contributed by atoms with E-state index in [4.69, 9.17) is 14.2 Å². The van der Waals surface area contributed by atoms with Crippen molar-refractivity contribution >= 4 is 12.1 Å². The van der Waals surface area contributed by atoms with Gasteiger partial charge in [-0.15, -0.1) is 0 Å². The fourth-order valence-electron chi connectivity index (χ4n) is 2.11. The third kappa shape index (κ3) is 5.05. The van der Waals surface area contributed by atoms with Gasteiger partial charge in [-0.1, -0.05) is 6.07 Å². The molecule has 0 saturated heterocycles. The molecule has 1 unspecified atom stereocenters. The van der Waals surface area contributed by atoms with Gasteiger partial charge in [0.15, 0.2) is 11.5 Å².